The maximum atomic E-state index is 13.5. The highest BCUT2D eigenvalue weighted by atomic mass is 19.1. The number of aromatic nitrogens is 3. The van der Waals surface area contributed by atoms with Gasteiger partial charge in [-0.15, -0.1) is 0 Å². The van der Waals surface area contributed by atoms with Crippen molar-refractivity contribution in [2.45, 2.75) is 13.0 Å². The van der Waals surface area contributed by atoms with E-state index in [1.165, 1.54) is 12.1 Å². The molecule has 0 bridgehead atoms. The number of benzene rings is 1. The Hall–Kier alpha value is -2.48. The van der Waals surface area contributed by atoms with E-state index in [9.17, 15) is 4.39 Å². The number of nitrogens with one attached hydrogen (secondary N) is 1. The monoisotopic (exact) mass is 292 g/mol. The number of oxime groups is 1. The summed E-state index contributed by atoms with van der Waals surface area (Å²) in [6.07, 6.45) is 2.33. The molecule has 2 rings (SSSR count). The first-order chi connectivity index (χ1) is 10.1. The average molecular weight is 292 g/mol. The summed E-state index contributed by atoms with van der Waals surface area (Å²) in [5.41, 5.74) is 6.52. The Kier molecular flexibility index (Phi) is 4.83. The second kappa shape index (κ2) is 6.80. The lowest BCUT2D eigenvalue weighted by Gasteiger charge is -2.06. The summed E-state index contributed by atoms with van der Waals surface area (Å²) in [4.78, 5) is 4.11. The van der Waals surface area contributed by atoms with Crippen LogP contribution in [0.1, 0.15) is 17.0 Å². The van der Waals surface area contributed by atoms with E-state index in [1.807, 2.05) is 7.05 Å². The van der Waals surface area contributed by atoms with Crippen LogP contribution in [-0.4, -0.2) is 32.4 Å². The van der Waals surface area contributed by atoms with Crippen LogP contribution in [0.15, 0.2) is 29.7 Å². The van der Waals surface area contributed by atoms with Crippen molar-refractivity contribution in [1.29, 1.82) is 0 Å². The fourth-order valence-electron chi connectivity index (χ4n) is 1.89. The van der Waals surface area contributed by atoms with Crippen LogP contribution in [0, 0.1) is 5.82 Å². The van der Waals surface area contributed by atoms with Gasteiger partial charge in [0.15, 0.2) is 11.7 Å². The number of hydrogen-bond acceptors (Lipinski definition) is 5. The van der Waals surface area contributed by atoms with E-state index in [2.05, 4.69) is 20.6 Å². The molecule has 1 aromatic heterocycles. The second-order valence-electron chi connectivity index (χ2n) is 4.59. The molecule has 4 N–H and O–H groups in total. The fourth-order valence-corrected chi connectivity index (χ4v) is 1.89. The average Bonchev–Trinajstić information content (AvgIpc) is 2.88. The molecule has 2 aromatic rings. The van der Waals surface area contributed by atoms with Crippen LogP contribution in [0.3, 0.4) is 0 Å². The second-order valence-corrected chi connectivity index (χ2v) is 4.59. The topological polar surface area (TPSA) is 101 Å². The Bertz CT molecular complexity index is 639. The van der Waals surface area contributed by atoms with E-state index >= 15 is 0 Å². The van der Waals surface area contributed by atoms with Crippen LogP contribution in [0.5, 0.6) is 0 Å². The number of halogens is 1. The van der Waals surface area contributed by atoms with Crippen molar-refractivity contribution in [3.05, 3.63) is 47.3 Å². The van der Waals surface area contributed by atoms with Crippen LogP contribution in [0.4, 0.5) is 4.39 Å². The Morgan fingerprint density at radius 1 is 1.48 bits per heavy atom. The van der Waals surface area contributed by atoms with Gasteiger partial charge in [0.1, 0.15) is 12.1 Å². The minimum atomic E-state index is -0.428. The summed E-state index contributed by atoms with van der Waals surface area (Å²) in [6.45, 7) is 1.13. The lowest BCUT2D eigenvalue weighted by Crippen LogP contribution is -2.19. The number of amidine groups is 1. The van der Waals surface area contributed by atoms with Crippen LogP contribution >= 0.6 is 0 Å². The van der Waals surface area contributed by atoms with Crippen molar-refractivity contribution >= 4 is 5.84 Å². The quantitative estimate of drug-likeness (QED) is 0.235. The molecule has 0 saturated carbocycles. The maximum absolute atomic E-state index is 13.5. The minimum absolute atomic E-state index is 0.117. The first-order valence-electron chi connectivity index (χ1n) is 6.41. The highest BCUT2D eigenvalue weighted by Gasteiger charge is 2.05. The van der Waals surface area contributed by atoms with E-state index in [-0.39, 0.29) is 5.84 Å². The Morgan fingerprint density at radius 3 is 2.95 bits per heavy atom. The van der Waals surface area contributed by atoms with Gasteiger partial charge in [0, 0.05) is 32.1 Å². The molecule has 21 heavy (non-hydrogen) atoms. The number of nitrogens with zero attached hydrogens (tertiary/aromatic N) is 4. The molecular weight excluding hydrogens is 275 g/mol. The standard InChI is InChI=1S/C13H17FN6O/c1-20-8-17-12(18-20)2-3-16-7-9-4-10(13(15)19-21)6-11(14)5-9/h4-6,8,16,21H,2-3,7H2,1H3,(H2,15,19). The molecule has 0 amide bonds. The summed E-state index contributed by atoms with van der Waals surface area (Å²) in [5, 5.41) is 18.8. The molecule has 1 heterocycles. The van der Waals surface area contributed by atoms with E-state index in [4.69, 9.17) is 10.9 Å². The van der Waals surface area contributed by atoms with Crippen molar-refractivity contribution in [2.24, 2.45) is 17.9 Å². The van der Waals surface area contributed by atoms with Crippen LogP contribution < -0.4 is 11.1 Å². The molecule has 0 spiro atoms. The van der Waals surface area contributed by atoms with E-state index in [0.717, 1.165) is 5.82 Å². The number of aryl methyl sites for hydroxylation is 1. The minimum Gasteiger partial charge on any atom is -0.409 e. The summed E-state index contributed by atoms with van der Waals surface area (Å²) in [7, 11) is 1.81. The van der Waals surface area contributed by atoms with Gasteiger partial charge in [-0.05, 0) is 23.8 Å². The van der Waals surface area contributed by atoms with E-state index in [1.54, 1.807) is 17.1 Å². The van der Waals surface area contributed by atoms with Crippen LogP contribution in [0.2, 0.25) is 0 Å². The normalized spacial score (nSPS) is 11.8. The van der Waals surface area contributed by atoms with Gasteiger partial charge in [0.25, 0.3) is 0 Å². The van der Waals surface area contributed by atoms with Gasteiger partial charge in [-0.25, -0.2) is 9.37 Å². The third-order valence-electron chi connectivity index (χ3n) is 2.86. The molecule has 0 radical (unpaired) electrons. The molecule has 1 aromatic carbocycles. The zero-order valence-electron chi connectivity index (χ0n) is 11.6. The van der Waals surface area contributed by atoms with Crippen molar-refractivity contribution < 1.29 is 9.60 Å². The SMILES string of the molecule is Cn1cnc(CCNCc2cc(F)cc(/C(N)=N/O)c2)n1. The molecule has 7 nitrogen and oxygen atoms in total. The molecule has 0 aliphatic rings. The van der Waals surface area contributed by atoms with Crippen molar-refractivity contribution in [1.82, 2.24) is 20.1 Å². The number of nitrogens with two attached hydrogens (primary N) is 1. The third-order valence-corrected chi connectivity index (χ3v) is 2.86. The van der Waals surface area contributed by atoms with Gasteiger partial charge < -0.3 is 16.3 Å². The van der Waals surface area contributed by atoms with Gasteiger partial charge in [-0.1, -0.05) is 5.16 Å². The van der Waals surface area contributed by atoms with E-state index in [0.29, 0.717) is 30.6 Å². The molecule has 8 heteroatoms. The summed E-state index contributed by atoms with van der Waals surface area (Å²) in [5.74, 6) is 0.206. The van der Waals surface area contributed by atoms with Gasteiger partial charge in [-0.3, -0.25) is 4.68 Å². The van der Waals surface area contributed by atoms with Gasteiger partial charge in [-0.2, -0.15) is 5.10 Å². The first-order valence-corrected chi connectivity index (χ1v) is 6.41. The van der Waals surface area contributed by atoms with Crippen molar-refractivity contribution in [3.63, 3.8) is 0 Å². The van der Waals surface area contributed by atoms with Crippen LogP contribution in [-0.2, 0) is 20.0 Å². The molecule has 0 aliphatic carbocycles. The largest absolute Gasteiger partial charge is 0.409 e. The number of hydrogen-bond donors (Lipinski definition) is 3. The van der Waals surface area contributed by atoms with Crippen molar-refractivity contribution in [2.75, 3.05) is 6.54 Å². The fraction of sp³-hybridized carbons (Fsp3) is 0.308. The van der Waals surface area contributed by atoms with Gasteiger partial charge in [0.2, 0.25) is 0 Å². The lowest BCUT2D eigenvalue weighted by molar-refractivity contribution is 0.318. The molecule has 0 aliphatic heterocycles. The highest BCUT2D eigenvalue weighted by molar-refractivity contribution is 5.97. The maximum Gasteiger partial charge on any atom is 0.170 e. The zero-order chi connectivity index (χ0) is 15.2. The molecule has 112 valence electrons. The highest BCUT2D eigenvalue weighted by Crippen LogP contribution is 2.09. The summed E-state index contributed by atoms with van der Waals surface area (Å²) in [6, 6.07) is 4.29. The molecular formula is C13H17FN6O. The predicted octanol–water partition coefficient (Wildman–Crippen LogP) is 0.381. The summed E-state index contributed by atoms with van der Waals surface area (Å²) < 4.78 is 15.1. The van der Waals surface area contributed by atoms with Gasteiger partial charge >= 0.3 is 0 Å². The Morgan fingerprint density at radius 2 is 2.29 bits per heavy atom. The molecule has 0 fully saturated rings. The predicted molar refractivity (Wildman–Crippen MR) is 75.3 cm³/mol. The Labute approximate surface area is 121 Å². The first kappa shape index (κ1) is 14.9. The molecule has 0 unspecified atom stereocenters. The lowest BCUT2D eigenvalue weighted by atomic mass is 10.1. The van der Waals surface area contributed by atoms with E-state index < -0.39 is 5.82 Å². The molecule has 0 atom stereocenters. The third kappa shape index (κ3) is 4.25. The van der Waals surface area contributed by atoms with Crippen LogP contribution in [0.25, 0.3) is 0 Å². The number of rotatable bonds is 6. The smallest absolute Gasteiger partial charge is 0.170 e. The summed E-state index contributed by atoms with van der Waals surface area (Å²) >= 11 is 0. The van der Waals surface area contributed by atoms with Crippen molar-refractivity contribution in [3.8, 4) is 0 Å². The Balaban J connectivity index is 1.89. The molecule has 0 saturated heterocycles. The zero-order valence-corrected chi connectivity index (χ0v) is 11.6. The van der Waals surface area contributed by atoms with Gasteiger partial charge in [0.05, 0.1) is 0 Å².